The molecule has 0 aliphatic carbocycles. The Bertz CT molecular complexity index is 1050. The average molecular weight is 437 g/mol. The molecule has 3 rings (SSSR count). The number of hydrogen-bond acceptors (Lipinski definition) is 6. The summed E-state index contributed by atoms with van der Waals surface area (Å²) in [4.78, 5) is 13.8. The molecule has 0 spiro atoms. The molecular weight excluding hydrogens is 404 g/mol. The van der Waals surface area contributed by atoms with Gasteiger partial charge in [0.05, 0.1) is 23.7 Å². The summed E-state index contributed by atoms with van der Waals surface area (Å²) in [5.41, 5.74) is 4.80. The van der Waals surface area contributed by atoms with Crippen LogP contribution < -0.4 is 10.1 Å². The van der Waals surface area contributed by atoms with E-state index in [4.69, 9.17) is 9.47 Å². The van der Waals surface area contributed by atoms with Crippen molar-refractivity contribution in [2.45, 2.75) is 60.2 Å². The largest absolute Gasteiger partial charge is 0.476 e. The van der Waals surface area contributed by atoms with E-state index < -0.39 is 5.60 Å². The monoisotopic (exact) mass is 436 g/mol. The van der Waals surface area contributed by atoms with Gasteiger partial charge in [-0.3, -0.25) is 0 Å². The fourth-order valence-electron chi connectivity index (χ4n) is 3.48. The van der Waals surface area contributed by atoms with E-state index in [1.165, 1.54) is 0 Å². The van der Waals surface area contributed by atoms with Gasteiger partial charge in [-0.05, 0) is 70.4 Å². The molecule has 170 valence electrons. The van der Waals surface area contributed by atoms with Crippen molar-refractivity contribution >= 4 is 5.97 Å². The van der Waals surface area contributed by atoms with Crippen LogP contribution in [0.1, 0.15) is 48.8 Å². The number of carbonyl (C=O) groups is 1. The van der Waals surface area contributed by atoms with Gasteiger partial charge in [0.15, 0.2) is 5.60 Å². The lowest BCUT2D eigenvalue weighted by molar-refractivity contribution is -0.158. The summed E-state index contributed by atoms with van der Waals surface area (Å²) in [7, 11) is 0. The first kappa shape index (κ1) is 23.5. The molecule has 7 nitrogen and oxygen atoms in total. The van der Waals surface area contributed by atoms with Crippen molar-refractivity contribution in [3.63, 3.8) is 0 Å². The molecule has 3 aromatic rings. The lowest BCUT2D eigenvalue weighted by atomic mass is 10.0. The molecule has 0 saturated carbocycles. The molecule has 0 amide bonds. The van der Waals surface area contributed by atoms with E-state index in [9.17, 15) is 4.79 Å². The van der Waals surface area contributed by atoms with Crippen molar-refractivity contribution in [3.05, 3.63) is 70.5 Å². The molecule has 0 saturated heterocycles. The second kappa shape index (κ2) is 9.96. The number of para-hydroxylation sites is 1. The van der Waals surface area contributed by atoms with Crippen molar-refractivity contribution < 1.29 is 14.3 Å². The summed E-state index contributed by atoms with van der Waals surface area (Å²) in [5.74, 6) is 0.344. The lowest BCUT2D eigenvalue weighted by Gasteiger charge is -2.26. The first-order valence-corrected chi connectivity index (χ1v) is 10.9. The summed E-state index contributed by atoms with van der Waals surface area (Å²) in [5, 5.41) is 12.6. The van der Waals surface area contributed by atoms with Crippen LogP contribution in [0.5, 0.6) is 5.75 Å². The molecule has 0 aliphatic rings. The number of benzene rings is 2. The second-order valence-electron chi connectivity index (χ2n) is 8.35. The van der Waals surface area contributed by atoms with Crippen molar-refractivity contribution in [3.8, 4) is 11.4 Å². The maximum absolute atomic E-state index is 12.2. The van der Waals surface area contributed by atoms with Gasteiger partial charge in [-0.2, -0.15) is 15.0 Å². The number of rotatable bonds is 9. The van der Waals surface area contributed by atoms with Crippen LogP contribution in [0.25, 0.3) is 5.69 Å². The molecule has 1 N–H and O–H groups in total. The smallest absolute Gasteiger partial charge is 0.349 e. The van der Waals surface area contributed by atoms with Gasteiger partial charge in [-0.15, -0.1) is 0 Å². The molecular formula is C25H32N4O3. The van der Waals surface area contributed by atoms with Gasteiger partial charge in [-0.25, -0.2) is 4.79 Å². The summed E-state index contributed by atoms with van der Waals surface area (Å²) in [6.45, 7) is 12.8. The maximum atomic E-state index is 12.2. The van der Waals surface area contributed by atoms with E-state index in [-0.39, 0.29) is 5.97 Å². The molecule has 0 aliphatic heterocycles. The van der Waals surface area contributed by atoms with E-state index in [0.717, 1.165) is 33.8 Å². The Morgan fingerprint density at radius 2 is 1.69 bits per heavy atom. The molecule has 0 radical (unpaired) electrons. The van der Waals surface area contributed by atoms with Crippen LogP contribution in [0.3, 0.4) is 0 Å². The zero-order chi connectivity index (χ0) is 23.3. The number of aryl methyl sites for hydroxylation is 3. The molecule has 0 bridgehead atoms. The molecule has 7 heteroatoms. The zero-order valence-corrected chi connectivity index (χ0v) is 19.7. The minimum atomic E-state index is -1.05. The topological polar surface area (TPSA) is 78.3 Å². The van der Waals surface area contributed by atoms with E-state index >= 15 is 0 Å². The number of nitrogens with zero attached hydrogens (tertiary/aromatic N) is 3. The van der Waals surface area contributed by atoms with Gasteiger partial charge < -0.3 is 14.8 Å². The highest BCUT2D eigenvalue weighted by Gasteiger charge is 2.32. The van der Waals surface area contributed by atoms with Crippen LogP contribution >= 0.6 is 0 Å². The van der Waals surface area contributed by atoms with E-state index in [1.54, 1.807) is 25.6 Å². The van der Waals surface area contributed by atoms with Crippen LogP contribution in [0.4, 0.5) is 0 Å². The normalized spacial score (nSPS) is 11.4. The summed E-state index contributed by atoms with van der Waals surface area (Å²) >= 11 is 0. The van der Waals surface area contributed by atoms with Crippen LogP contribution in [-0.2, 0) is 22.6 Å². The van der Waals surface area contributed by atoms with Crippen molar-refractivity contribution in [1.82, 2.24) is 20.3 Å². The Balaban J connectivity index is 1.64. The molecule has 2 aromatic carbocycles. The quantitative estimate of drug-likeness (QED) is 0.507. The molecule has 0 unspecified atom stereocenters. The predicted molar refractivity (Wildman–Crippen MR) is 124 cm³/mol. The van der Waals surface area contributed by atoms with Gasteiger partial charge in [0.2, 0.25) is 0 Å². The Hall–Kier alpha value is -3.19. The number of aromatic nitrogens is 3. The number of hydrogen-bond donors (Lipinski definition) is 1. The van der Waals surface area contributed by atoms with Gasteiger partial charge in [0, 0.05) is 13.1 Å². The van der Waals surface area contributed by atoms with Crippen molar-refractivity contribution in [2.75, 3.05) is 6.61 Å². The van der Waals surface area contributed by atoms with Gasteiger partial charge in [0.25, 0.3) is 0 Å². The predicted octanol–water partition coefficient (Wildman–Crippen LogP) is 4.20. The third-order valence-corrected chi connectivity index (χ3v) is 5.13. The average Bonchev–Trinajstić information content (AvgIpc) is 3.12. The Morgan fingerprint density at radius 1 is 1.03 bits per heavy atom. The fraction of sp³-hybridized carbons (Fsp3) is 0.400. The number of nitrogens with one attached hydrogen (secondary N) is 1. The van der Waals surface area contributed by atoms with Gasteiger partial charge in [-0.1, -0.05) is 30.3 Å². The fourth-order valence-corrected chi connectivity index (χ4v) is 3.48. The maximum Gasteiger partial charge on any atom is 0.349 e. The third kappa shape index (κ3) is 5.53. The lowest BCUT2D eigenvalue weighted by Crippen LogP contribution is -2.40. The first-order chi connectivity index (χ1) is 15.2. The van der Waals surface area contributed by atoms with Gasteiger partial charge >= 0.3 is 5.97 Å². The Kier molecular flexibility index (Phi) is 7.30. The molecule has 1 heterocycles. The summed E-state index contributed by atoms with van der Waals surface area (Å²) in [6, 6.07) is 14.0. The minimum absolute atomic E-state index is 0.326. The number of esters is 1. The highest BCUT2D eigenvalue weighted by atomic mass is 16.6. The van der Waals surface area contributed by atoms with Crippen LogP contribution in [0.2, 0.25) is 0 Å². The molecule has 0 atom stereocenters. The standard InChI is InChI=1S/C25H32N4O3/c1-7-31-24(30)25(5,6)32-23-17(2)13-20(14-18(23)3)15-26-16-22-19(4)27-29(28-22)21-11-9-8-10-12-21/h8-14,26H,7,15-16H2,1-6H3. The van der Waals surface area contributed by atoms with Crippen LogP contribution in [-0.4, -0.2) is 33.2 Å². The molecule has 1 aromatic heterocycles. The third-order valence-electron chi connectivity index (χ3n) is 5.13. The molecule has 32 heavy (non-hydrogen) atoms. The van der Waals surface area contributed by atoms with E-state index in [0.29, 0.717) is 25.4 Å². The second-order valence-corrected chi connectivity index (χ2v) is 8.35. The van der Waals surface area contributed by atoms with E-state index in [1.807, 2.05) is 51.1 Å². The van der Waals surface area contributed by atoms with Gasteiger partial charge in [0.1, 0.15) is 5.75 Å². The van der Waals surface area contributed by atoms with Crippen molar-refractivity contribution in [1.29, 1.82) is 0 Å². The minimum Gasteiger partial charge on any atom is -0.476 e. The number of carbonyl (C=O) groups excluding carboxylic acids is 1. The number of ether oxygens (including phenoxy) is 2. The van der Waals surface area contributed by atoms with E-state index in [2.05, 4.69) is 27.6 Å². The van der Waals surface area contributed by atoms with Crippen LogP contribution in [0.15, 0.2) is 42.5 Å². The Morgan fingerprint density at radius 3 is 2.31 bits per heavy atom. The van der Waals surface area contributed by atoms with Crippen molar-refractivity contribution in [2.24, 2.45) is 0 Å². The SMILES string of the molecule is CCOC(=O)C(C)(C)Oc1c(C)cc(CNCc2nn(-c3ccccc3)nc2C)cc1C. The van der Waals surface area contributed by atoms with Crippen LogP contribution in [0, 0.1) is 20.8 Å². The summed E-state index contributed by atoms with van der Waals surface area (Å²) in [6.07, 6.45) is 0. The Labute approximate surface area is 189 Å². The highest BCUT2D eigenvalue weighted by molar-refractivity contribution is 5.79. The first-order valence-electron chi connectivity index (χ1n) is 10.9. The molecule has 0 fully saturated rings. The summed E-state index contributed by atoms with van der Waals surface area (Å²) < 4.78 is 11.2. The zero-order valence-electron chi connectivity index (χ0n) is 19.7. The highest BCUT2D eigenvalue weighted by Crippen LogP contribution is 2.29.